The largest absolute Gasteiger partial charge is 0.351 e. The predicted molar refractivity (Wildman–Crippen MR) is 88.0 cm³/mol. The van der Waals surface area contributed by atoms with Gasteiger partial charge in [-0.3, -0.25) is 14.6 Å². The van der Waals surface area contributed by atoms with Crippen molar-refractivity contribution in [1.82, 2.24) is 10.3 Å². The highest BCUT2D eigenvalue weighted by molar-refractivity contribution is 6.30. The molecule has 0 radical (unpaired) electrons. The van der Waals surface area contributed by atoms with Crippen LogP contribution in [0.1, 0.15) is 12.0 Å². The van der Waals surface area contributed by atoms with Crippen molar-refractivity contribution in [3.05, 3.63) is 59.4 Å². The van der Waals surface area contributed by atoms with Crippen LogP contribution in [0.3, 0.4) is 0 Å². The van der Waals surface area contributed by atoms with Gasteiger partial charge in [0.1, 0.15) is 5.92 Å². The molecule has 0 saturated carbocycles. The standard InChI is InChI=1S/C17H16ClN3O2/c18-13-3-5-14(6-4-13)21-9-7-15(17(21)23)16(22)20-11-12-2-1-8-19-10-12/h1-6,8,10,15H,7,9,11H2,(H,20,22)/t15-/m0/s1. The minimum absolute atomic E-state index is 0.170. The van der Waals surface area contributed by atoms with Crippen LogP contribution in [0.5, 0.6) is 0 Å². The molecule has 2 aromatic rings. The molecule has 1 aliphatic rings. The van der Waals surface area contributed by atoms with Crippen molar-refractivity contribution < 1.29 is 9.59 Å². The van der Waals surface area contributed by atoms with Gasteiger partial charge in [0.15, 0.2) is 0 Å². The minimum Gasteiger partial charge on any atom is -0.351 e. The Morgan fingerprint density at radius 2 is 2.09 bits per heavy atom. The van der Waals surface area contributed by atoms with Crippen LogP contribution in [0, 0.1) is 5.92 Å². The molecule has 6 heteroatoms. The van der Waals surface area contributed by atoms with E-state index in [1.807, 2.05) is 12.1 Å². The Kier molecular flexibility index (Phi) is 4.57. The molecular weight excluding hydrogens is 314 g/mol. The number of benzene rings is 1. The molecule has 1 aromatic carbocycles. The number of carbonyl (C=O) groups excluding carboxylic acids is 2. The Balaban J connectivity index is 1.62. The zero-order chi connectivity index (χ0) is 16.2. The van der Waals surface area contributed by atoms with E-state index < -0.39 is 5.92 Å². The topological polar surface area (TPSA) is 62.3 Å². The van der Waals surface area contributed by atoms with E-state index in [1.54, 1.807) is 41.6 Å². The number of nitrogens with zero attached hydrogens (tertiary/aromatic N) is 2. The number of halogens is 1. The number of hydrogen-bond donors (Lipinski definition) is 1. The Bertz CT molecular complexity index is 704. The number of hydrogen-bond acceptors (Lipinski definition) is 3. The second kappa shape index (κ2) is 6.79. The summed E-state index contributed by atoms with van der Waals surface area (Å²) >= 11 is 5.86. The van der Waals surface area contributed by atoms with Gasteiger partial charge in [0.05, 0.1) is 0 Å². The van der Waals surface area contributed by atoms with Crippen molar-refractivity contribution in [1.29, 1.82) is 0 Å². The summed E-state index contributed by atoms with van der Waals surface area (Å²) in [5.41, 5.74) is 1.67. The Morgan fingerprint density at radius 1 is 1.30 bits per heavy atom. The molecule has 2 amide bonds. The normalized spacial score (nSPS) is 17.3. The molecule has 1 aromatic heterocycles. The van der Waals surface area contributed by atoms with Gasteiger partial charge in [-0.15, -0.1) is 0 Å². The quantitative estimate of drug-likeness (QED) is 0.876. The van der Waals surface area contributed by atoms with Gasteiger partial charge in [-0.1, -0.05) is 17.7 Å². The fraction of sp³-hybridized carbons (Fsp3) is 0.235. The lowest BCUT2D eigenvalue weighted by Gasteiger charge is -2.16. The molecule has 0 unspecified atom stereocenters. The fourth-order valence-electron chi connectivity index (χ4n) is 2.62. The average molecular weight is 330 g/mol. The number of aromatic nitrogens is 1. The number of carbonyl (C=O) groups is 2. The molecule has 1 atom stereocenters. The van der Waals surface area contributed by atoms with Crippen molar-refractivity contribution in [3.63, 3.8) is 0 Å². The highest BCUT2D eigenvalue weighted by atomic mass is 35.5. The molecule has 1 fully saturated rings. The van der Waals surface area contributed by atoms with Crippen LogP contribution < -0.4 is 10.2 Å². The summed E-state index contributed by atoms with van der Waals surface area (Å²) in [6, 6.07) is 10.7. The molecule has 0 spiro atoms. The second-order valence-electron chi connectivity index (χ2n) is 5.39. The molecule has 118 valence electrons. The lowest BCUT2D eigenvalue weighted by Crippen LogP contribution is -2.36. The van der Waals surface area contributed by atoms with Crippen LogP contribution in [-0.2, 0) is 16.1 Å². The second-order valence-corrected chi connectivity index (χ2v) is 5.82. The average Bonchev–Trinajstić information content (AvgIpc) is 2.96. The van der Waals surface area contributed by atoms with Crippen LogP contribution in [0.25, 0.3) is 0 Å². The van der Waals surface area contributed by atoms with Gasteiger partial charge in [0.25, 0.3) is 0 Å². The number of amides is 2. The molecule has 0 bridgehead atoms. The highest BCUT2D eigenvalue weighted by Crippen LogP contribution is 2.26. The fourth-order valence-corrected chi connectivity index (χ4v) is 2.74. The first-order valence-corrected chi connectivity index (χ1v) is 7.76. The molecule has 23 heavy (non-hydrogen) atoms. The van der Waals surface area contributed by atoms with Gasteiger partial charge >= 0.3 is 0 Å². The third-order valence-electron chi connectivity index (χ3n) is 3.85. The van der Waals surface area contributed by atoms with Gasteiger partial charge in [0.2, 0.25) is 11.8 Å². The number of nitrogens with one attached hydrogen (secondary N) is 1. The van der Waals surface area contributed by atoms with Gasteiger partial charge < -0.3 is 10.2 Å². The number of pyridine rings is 1. The van der Waals surface area contributed by atoms with Crippen molar-refractivity contribution in [3.8, 4) is 0 Å². The first-order valence-electron chi connectivity index (χ1n) is 7.39. The summed E-state index contributed by atoms with van der Waals surface area (Å²) in [4.78, 5) is 30.3. The maximum absolute atomic E-state index is 12.5. The van der Waals surface area contributed by atoms with Crippen LogP contribution >= 0.6 is 11.6 Å². The minimum atomic E-state index is -0.637. The van der Waals surface area contributed by atoms with Gasteiger partial charge in [0, 0.05) is 36.2 Å². The Labute approximate surface area is 139 Å². The monoisotopic (exact) mass is 329 g/mol. The van der Waals surface area contributed by atoms with Crippen LogP contribution in [0.15, 0.2) is 48.8 Å². The Morgan fingerprint density at radius 3 is 2.78 bits per heavy atom. The predicted octanol–water partition coefficient (Wildman–Crippen LogP) is 2.40. The molecule has 1 aliphatic heterocycles. The highest BCUT2D eigenvalue weighted by Gasteiger charge is 2.37. The van der Waals surface area contributed by atoms with E-state index in [9.17, 15) is 9.59 Å². The van der Waals surface area contributed by atoms with E-state index in [4.69, 9.17) is 11.6 Å². The number of rotatable bonds is 4. The van der Waals surface area contributed by atoms with Crippen LogP contribution in [-0.4, -0.2) is 23.3 Å². The van der Waals surface area contributed by atoms with Gasteiger partial charge in [-0.05, 0) is 42.3 Å². The summed E-state index contributed by atoms with van der Waals surface area (Å²) < 4.78 is 0. The van der Waals surface area contributed by atoms with Gasteiger partial charge in [-0.25, -0.2) is 0 Å². The van der Waals surface area contributed by atoms with Crippen molar-refractivity contribution in [2.75, 3.05) is 11.4 Å². The molecule has 0 aliphatic carbocycles. The summed E-state index contributed by atoms with van der Waals surface area (Å²) in [7, 11) is 0. The van der Waals surface area contributed by atoms with Crippen molar-refractivity contribution >= 4 is 29.1 Å². The Hall–Kier alpha value is -2.40. The smallest absolute Gasteiger partial charge is 0.239 e. The molecule has 2 heterocycles. The SMILES string of the molecule is O=C(NCc1cccnc1)[C@@H]1CCN(c2ccc(Cl)cc2)C1=O. The maximum Gasteiger partial charge on any atom is 0.239 e. The third kappa shape index (κ3) is 3.51. The van der Waals surface area contributed by atoms with E-state index in [0.717, 1.165) is 11.3 Å². The zero-order valence-corrected chi connectivity index (χ0v) is 13.2. The lowest BCUT2D eigenvalue weighted by atomic mass is 10.1. The zero-order valence-electron chi connectivity index (χ0n) is 12.4. The van der Waals surface area contributed by atoms with Crippen molar-refractivity contribution in [2.24, 2.45) is 5.92 Å². The van der Waals surface area contributed by atoms with Crippen molar-refractivity contribution in [2.45, 2.75) is 13.0 Å². The summed E-state index contributed by atoms with van der Waals surface area (Å²) in [5, 5.41) is 3.42. The van der Waals surface area contributed by atoms with Crippen LogP contribution in [0.4, 0.5) is 5.69 Å². The molecule has 5 nitrogen and oxygen atoms in total. The maximum atomic E-state index is 12.5. The molecular formula is C17H16ClN3O2. The number of anilines is 1. The van der Waals surface area contributed by atoms with E-state index in [1.165, 1.54) is 0 Å². The third-order valence-corrected chi connectivity index (χ3v) is 4.10. The summed E-state index contributed by atoms with van der Waals surface area (Å²) in [6.07, 6.45) is 3.88. The lowest BCUT2D eigenvalue weighted by molar-refractivity contribution is -0.132. The van der Waals surface area contributed by atoms with Crippen LogP contribution in [0.2, 0.25) is 5.02 Å². The van der Waals surface area contributed by atoms with E-state index in [2.05, 4.69) is 10.3 Å². The molecule has 1 N–H and O–H groups in total. The molecule has 1 saturated heterocycles. The first-order chi connectivity index (χ1) is 11.1. The first kappa shape index (κ1) is 15.5. The molecule has 3 rings (SSSR count). The summed E-state index contributed by atoms with van der Waals surface area (Å²) in [6.45, 7) is 0.906. The summed E-state index contributed by atoms with van der Waals surface area (Å²) in [5.74, 6) is -1.05. The van der Waals surface area contributed by atoms with E-state index in [0.29, 0.717) is 24.5 Å². The van der Waals surface area contributed by atoms with Gasteiger partial charge in [-0.2, -0.15) is 0 Å². The van der Waals surface area contributed by atoms with E-state index in [-0.39, 0.29) is 11.8 Å². The van der Waals surface area contributed by atoms with E-state index >= 15 is 0 Å².